The van der Waals surface area contributed by atoms with Crippen LogP contribution >= 0.6 is 15.9 Å². The molecule has 2 aromatic rings. The minimum atomic E-state index is 0.167. The van der Waals surface area contributed by atoms with Crippen molar-refractivity contribution in [2.24, 2.45) is 0 Å². The van der Waals surface area contributed by atoms with Gasteiger partial charge in [-0.1, -0.05) is 28.1 Å². The number of nitrogens with one attached hydrogen (secondary N) is 1. The number of hydrogen-bond donors (Lipinski definition) is 1. The summed E-state index contributed by atoms with van der Waals surface area (Å²) < 4.78 is 1.08. The van der Waals surface area contributed by atoms with Crippen molar-refractivity contribution in [2.45, 2.75) is 18.3 Å². The molecular formula is C15H16BrN3. The molecule has 19 heavy (non-hydrogen) atoms. The van der Waals surface area contributed by atoms with E-state index in [9.17, 15) is 0 Å². The van der Waals surface area contributed by atoms with Gasteiger partial charge in [-0.3, -0.25) is 0 Å². The maximum atomic E-state index is 4.76. The van der Waals surface area contributed by atoms with Crippen LogP contribution in [-0.2, 0) is 5.41 Å². The van der Waals surface area contributed by atoms with Crippen LogP contribution in [0.15, 0.2) is 41.0 Å². The van der Waals surface area contributed by atoms with Crippen LogP contribution in [0.3, 0.4) is 0 Å². The minimum Gasteiger partial charge on any atom is -0.319 e. The van der Waals surface area contributed by atoms with E-state index in [1.807, 2.05) is 31.4 Å². The summed E-state index contributed by atoms with van der Waals surface area (Å²) in [5.74, 6) is 0.974. The van der Waals surface area contributed by atoms with Crippen LogP contribution in [0.2, 0.25) is 0 Å². The molecule has 1 aromatic carbocycles. The fourth-order valence-electron chi connectivity index (χ4n) is 2.36. The van der Waals surface area contributed by atoms with E-state index in [2.05, 4.69) is 38.4 Å². The van der Waals surface area contributed by atoms with Gasteiger partial charge >= 0.3 is 0 Å². The lowest BCUT2D eigenvalue weighted by Crippen LogP contribution is -2.25. The predicted octanol–water partition coefficient (Wildman–Crippen LogP) is 3.16. The number of hydrogen-bond acceptors (Lipinski definition) is 3. The normalized spacial score (nSPS) is 16.3. The predicted molar refractivity (Wildman–Crippen MR) is 80.0 cm³/mol. The highest BCUT2D eigenvalue weighted by Crippen LogP contribution is 2.46. The Kier molecular flexibility index (Phi) is 3.37. The van der Waals surface area contributed by atoms with E-state index in [0.29, 0.717) is 0 Å². The zero-order chi connectivity index (χ0) is 13.3. The molecule has 0 bridgehead atoms. The molecule has 0 aliphatic heterocycles. The molecule has 0 radical (unpaired) electrons. The van der Waals surface area contributed by atoms with Gasteiger partial charge in [0.15, 0.2) is 0 Å². The molecule has 3 rings (SSSR count). The van der Waals surface area contributed by atoms with Crippen LogP contribution in [-0.4, -0.2) is 23.6 Å². The Morgan fingerprint density at radius 1 is 1.21 bits per heavy atom. The highest BCUT2D eigenvalue weighted by atomic mass is 79.9. The number of rotatable bonds is 4. The van der Waals surface area contributed by atoms with Gasteiger partial charge < -0.3 is 5.32 Å². The van der Waals surface area contributed by atoms with E-state index in [-0.39, 0.29) is 5.41 Å². The van der Waals surface area contributed by atoms with Crippen molar-refractivity contribution < 1.29 is 0 Å². The fraction of sp³-hybridized carbons (Fsp3) is 0.333. The maximum absolute atomic E-state index is 4.76. The third kappa shape index (κ3) is 2.55. The average molecular weight is 318 g/mol. The molecule has 1 aromatic heterocycles. The summed E-state index contributed by atoms with van der Waals surface area (Å²) in [6.45, 7) is 0.955. The van der Waals surface area contributed by atoms with E-state index in [0.717, 1.165) is 28.1 Å². The highest BCUT2D eigenvalue weighted by molar-refractivity contribution is 9.10. The molecule has 1 fully saturated rings. The monoisotopic (exact) mass is 317 g/mol. The molecule has 0 saturated heterocycles. The van der Waals surface area contributed by atoms with Crippen molar-refractivity contribution >= 4 is 15.9 Å². The molecule has 1 heterocycles. The summed E-state index contributed by atoms with van der Waals surface area (Å²) in [7, 11) is 1.98. The molecule has 0 amide bonds. The van der Waals surface area contributed by atoms with Gasteiger partial charge in [-0.05, 0) is 38.1 Å². The van der Waals surface area contributed by atoms with Gasteiger partial charge in [-0.25, -0.2) is 9.97 Å². The molecule has 0 unspecified atom stereocenters. The lowest BCUT2D eigenvalue weighted by Gasteiger charge is -2.13. The second-order valence-electron chi connectivity index (χ2n) is 5.08. The van der Waals surface area contributed by atoms with Crippen molar-refractivity contribution in [1.82, 2.24) is 15.3 Å². The molecule has 4 heteroatoms. The smallest absolute Gasteiger partial charge is 0.136 e. The standard InChI is InChI=1S/C15H16BrN3/c1-17-10-15(7-8-15)14-18-9-6-13(19-14)11-2-4-12(16)5-3-11/h2-6,9,17H,7-8,10H2,1H3. The Balaban J connectivity index is 1.94. The topological polar surface area (TPSA) is 37.8 Å². The van der Waals surface area contributed by atoms with Gasteiger partial charge in [-0.15, -0.1) is 0 Å². The Labute approximate surface area is 121 Å². The van der Waals surface area contributed by atoms with Crippen molar-refractivity contribution in [3.63, 3.8) is 0 Å². The number of benzene rings is 1. The van der Waals surface area contributed by atoms with E-state index >= 15 is 0 Å². The summed E-state index contributed by atoms with van der Waals surface area (Å²) in [6.07, 6.45) is 4.23. The number of likely N-dealkylation sites (N-methyl/N-ethyl adjacent to an activating group) is 1. The van der Waals surface area contributed by atoms with Gasteiger partial charge in [0.1, 0.15) is 5.82 Å². The van der Waals surface area contributed by atoms with Gasteiger partial charge in [0.05, 0.1) is 5.69 Å². The molecule has 1 aliphatic rings. The Morgan fingerprint density at radius 2 is 1.95 bits per heavy atom. The maximum Gasteiger partial charge on any atom is 0.136 e. The van der Waals surface area contributed by atoms with Crippen LogP contribution in [0.25, 0.3) is 11.3 Å². The number of nitrogens with zero attached hydrogens (tertiary/aromatic N) is 2. The summed E-state index contributed by atoms with van der Waals surface area (Å²) in [5, 5.41) is 3.25. The third-order valence-electron chi connectivity index (χ3n) is 3.64. The quantitative estimate of drug-likeness (QED) is 0.941. The molecule has 1 saturated carbocycles. The Morgan fingerprint density at radius 3 is 2.58 bits per heavy atom. The third-order valence-corrected chi connectivity index (χ3v) is 4.17. The van der Waals surface area contributed by atoms with Gasteiger partial charge in [-0.2, -0.15) is 0 Å². The van der Waals surface area contributed by atoms with Crippen molar-refractivity contribution in [3.8, 4) is 11.3 Å². The van der Waals surface area contributed by atoms with E-state index in [1.54, 1.807) is 0 Å². The summed E-state index contributed by atoms with van der Waals surface area (Å²) in [6, 6.07) is 10.2. The van der Waals surface area contributed by atoms with Gasteiger partial charge in [0.2, 0.25) is 0 Å². The lowest BCUT2D eigenvalue weighted by molar-refractivity contribution is 0.588. The summed E-state index contributed by atoms with van der Waals surface area (Å²) in [5.41, 5.74) is 2.30. The van der Waals surface area contributed by atoms with Crippen LogP contribution in [0.1, 0.15) is 18.7 Å². The zero-order valence-corrected chi connectivity index (χ0v) is 12.4. The number of halogens is 1. The van der Waals surface area contributed by atoms with Crippen molar-refractivity contribution in [1.29, 1.82) is 0 Å². The van der Waals surface area contributed by atoms with Crippen LogP contribution in [0.4, 0.5) is 0 Å². The number of aromatic nitrogens is 2. The van der Waals surface area contributed by atoms with Crippen LogP contribution in [0, 0.1) is 0 Å². The average Bonchev–Trinajstić information content (AvgIpc) is 3.21. The summed E-state index contributed by atoms with van der Waals surface area (Å²) >= 11 is 3.45. The fourth-order valence-corrected chi connectivity index (χ4v) is 2.63. The Hall–Kier alpha value is -1.26. The molecule has 1 aliphatic carbocycles. The van der Waals surface area contributed by atoms with E-state index < -0.39 is 0 Å². The largest absolute Gasteiger partial charge is 0.319 e. The van der Waals surface area contributed by atoms with Gasteiger partial charge in [0.25, 0.3) is 0 Å². The van der Waals surface area contributed by atoms with Crippen LogP contribution in [0.5, 0.6) is 0 Å². The first kappa shape index (κ1) is 12.8. The van der Waals surface area contributed by atoms with Gasteiger partial charge in [0, 0.05) is 28.2 Å². The lowest BCUT2D eigenvalue weighted by atomic mass is 10.1. The first-order chi connectivity index (χ1) is 9.23. The van der Waals surface area contributed by atoms with Crippen molar-refractivity contribution in [3.05, 3.63) is 46.8 Å². The minimum absolute atomic E-state index is 0.167. The SMILES string of the molecule is CNCC1(c2nccc(-c3ccc(Br)cc3)n2)CC1. The van der Waals surface area contributed by atoms with Crippen LogP contribution < -0.4 is 5.32 Å². The van der Waals surface area contributed by atoms with Crippen molar-refractivity contribution in [2.75, 3.05) is 13.6 Å². The molecule has 3 nitrogen and oxygen atoms in total. The van der Waals surface area contributed by atoms with E-state index in [4.69, 9.17) is 4.98 Å². The molecule has 0 atom stereocenters. The Bertz CT molecular complexity index is 576. The first-order valence-corrected chi connectivity index (χ1v) is 7.27. The molecule has 98 valence electrons. The molecule has 0 spiro atoms. The van der Waals surface area contributed by atoms with E-state index in [1.165, 1.54) is 12.8 Å². The second kappa shape index (κ2) is 5.02. The summed E-state index contributed by atoms with van der Waals surface area (Å²) in [4.78, 5) is 9.23. The molecular weight excluding hydrogens is 302 g/mol. The second-order valence-corrected chi connectivity index (χ2v) is 6.00. The molecule has 1 N–H and O–H groups in total. The first-order valence-electron chi connectivity index (χ1n) is 6.48. The zero-order valence-electron chi connectivity index (χ0n) is 10.9. The highest BCUT2D eigenvalue weighted by Gasteiger charge is 2.46.